The Morgan fingerprint density at radius 3 is 2.40 bits per heavy atom. The van der Waals surface area contributed by atoms with Gasteiger partial charge in [0.1, 0.15) is 5.69 Å². The Bertz CT molecular complexity index is 396. The lowest BCUT2D eigenvalue weighted by Gasteiger charge is -2.16. The van der Waals surface area contributed by atoms with Crippen molar-refractivity contribution >= 4 is 11.4 Å². The number of hydrogen-bond acceptors (Lipinski definition) is 3. The fourth-order valence-electron chi connectivity index (χ4n) is 1.15. The number of rotatable bonds is 3. The van der Waals surface area contributed by atoms with E-state index < -0.39 is 22.2 Å². The molecule has 0 heterocycles. The molecule has 0 aliphatic rings. The average molecular weight is 216 g/mol. The molecule has 0 bridgehead atoms. The highest BCUT2D eigenvalue weighted by Gasteiger charge is 2.20. The van der Waals surface area contributed by atoms with Crippen LogP contribution in [0.25, 0.3) is 0 Å². The van der Waals surface area contributed by atoms with E-state index in [1.165, 1.54) is 4.90 Å². The van der Waals surface area contributed by atoms with Crippen LogP contribution in [0.3, 0.4) is 0 Å². The van der Waals surface area contributed by atoms with Gasteiger partial charge in [-0.05, 0) is 6.92 Å². The number of anilines is 1. The van der Waals surface area contributed by atoms with E-state index in [0.717, 1.165) is 6.07 Å². The van der Waals surface area contributed by atoms with Gasteiger partial charge in [0, 0.05) is 19.7 Å². The van der Waals surface area contributed by atoms with Crippen molar-refractivity contribution in [2.45, 2.75) is 6.92 Å². The summed E-state index contributed by atoms with van der Waals surface area (Å²) in [6.45, 7) is 2.22. The number of nitrogens with zero attached hydrogens (tertiary/aromatic N) is 2. The van der Waals surface area contributed by atoms with Crippen LogP contribution in [-0.4, -0.2) is 18.5 Å². The van der Waals surface area contributed by atoms with E-state index in [0.29, 0.717) is 12.6 Å². The molecule has 6 heteroatoms. The van der Waals surface area contributed by atoms with Crippen LogP contribution in [0.1, 0.15) is 6.92 Å². The van der Waals surface area contributed by atoms with Gasteiger partial charge in [-0.25, -0.2) is 8.78 Å². The van der Waals surface area contributed by atoms with E-state index in [4.69, 9.17) is 0 Å². The maximum atomic E-state index is 12.9. The van der Waals surface area contributed by atoms with Crippen LogP contribution in [0.2, 0.25) is 0 Å². The van der Waals surface area contributed by atoms with Gasteiger partial charge in [-0.1, -0.05) is 0 Å². The van der Waals surface area contributed by atoms with Crippen LogP contribution in [0.4, 0.5) is 20.2 Å². The lowest BCUT2D eigenvalue weighted by molar-refractivity contribution is -0.384. The van der Waals surface area contributed by atoms with E-state index in [1.807, 2.05) is 0 Å². The molecule has 0 radical (unpaired) electrons. The van der Waals surface area contributed by atoms with Gasteiger partial charge in [0.05, 0.1) is 11.0 Å². The van der Waals surface area contributed by atoms with Crippen LogP contribution in [0.5, 0.6) is 0 Å². The summed E-state index contributed by atoms with van der Waals surface area (Å²) >= 11 is 0. The molecule has 4 nitrogen and oxygen atoms in total. The van der Waals surface area contributed by atoms with E-state index >= 15 is 0 Å². The zero-order valence-electron chi connectivity index (χ0n) is 8.33. The normalized spacial score (nSPS) is 10.1. The van der Waals surface area contributed by atoms with Crippen molar-refractivity contribution < 1.29 is 13.7 Å². The van der Waals surface area contributed by atoms with Gasteiger partial charge in [0.25, 0.3) is 5.69 Å². The summed E-state index contributed by atoms with van der Waals surface area (Å²) < 4.78 is 25.7. The zero-order chi connectivity index (χ0) is 11.6. The van der Waals surface area contributed by atoms with Crippen LogP contribution in [-0.2, 0) is 0 Å². The molecule has 1 rings (SSSR count). The fourth-order valence-corrected chi connectivity index (χ4v) is 1.15. The highest BCUT2D eigenvalue weighted by atomic mass is 19.2. The predicted octanol–water partition coefficient (Wildman–Crippen LogP) is 2.33. The Kier molecular flexibility index (Phi) is 3.18. The molecule has 0 aromatic heterocycles. The Hall–Kier alpha value is -1.72. The van der Waals surface area contributed by atoms with Crippen molar-refractivity contribution in [2.24, 2.45) is 0 Å². The van der Waals surface area contributed by atoms with Crippen molar-refractivity contribution in [1.82, 2.24) is 0 Å². The first-order valence-corrected chi connectivity index (χ1v) is 4.32. The van der Waals surface area contributed by atoms with E-state index in [-0.39, 0.29) is 5.69 Å². The molecule has 0 amide bonds. The van der Waals surface area contributed by atoms with Crippen molar-refractivity contribution in [3.63, 3.8) is 0 Å². The van der Waals surface area contributed by atoms with Gasteiger partial charge in [0.2, 0.25) is 0 Å². The SMILES string of the molecule is CCN(C)c1cc(F)c(F)cc1[N+](=O)[O-]. The molecule has 1 aromatic carbocycles. The molecule has 0 spiro atoms. The van der Waals surface area contributed by atoms with Gasteiger partial charge in [0.15, 0.2) is 11.6 Å². The maximum Gasteiger partial charge on any atom is 0.295 e. The molecular weight excluding hydrogens is 206 g/mol. The molecule has 1 aromatic rings. The predicted molar refractivity (Wildman–Crippen MR) is 52.0 cm³/mol. The second-order valence-electron chi connectivity index (χ2n) is 3.03. The Morgan fingerprint density at radius 2 is 1.93 bits per heavy atom. The third-order valence-corrected chi connectivity index (χ3v) is 2.10. The van der Waals surface area contributed by atoms with Crippen molar-refractivity contribution in [1.29, 1.82) is 0 Å². The average Bonchev–Trinajstić information content (AvgIpc) is 2.20. The van der Waals surface area contributed by atoms with Crippen LogP contribution >= 0.6 is 0 Å². The van der Waals surface area contributed by atoms with Gasteiger partial charge in [-0.2, -0.15) is 0 Å². The first-order valence-electron chi connectivity index (χ1n) is 4.32. The molecule has 0 saturated heterocycles. The summed E-state index contributed by atoms with van der Waals surface area (Å²) in [4.78, 5) is 11.3. The fraction of sp³-hybridized carbons (Fsp3) is 0.333. The highest BCUT2D eigenvalue weighted by Crippen LogP contribution is 2.29. The summed E-state index contributed by atoms with van der Waals surface area (Å²) in [5.41, 5.74) is -0.361. The Labute approximate surface area is 85.3 Å². The Balaban J connectivity index is 3.34. The molecular formula is C9H10F2N2O2. The van der Waals surface area contributed by atoms with E-state index in [9.17, 15) is 18.9 Å². The number of halogens is 2. The third-order valence-electron chi connectivity index (χ3n) is 2.10. The van der Waals surface area contributed by atoms with Crippen LogP contribution < -0.4 is 4.90 Å². The summed E-state index contributed by atoms with van der Waals surface area (Å²) in [6, 6.07) is 1.42. The van der Waals surface area contributed by atoms with Crippen LogP contribution in [0.15, 0.2) is 12.1 Å². The van der Waals surface area contributed by atoms with Gasteiger partial charge in [-0.3, -0.25) is 10.1 Å². The zero-order valence-corrected chi connectivity index (χ0v) is 8.33. The van der Waals surface area contributed by atoms with Crippen molar-refractivity contribution in [2.75, 3.05) is 18.5 Å². The van der Waals surface area contributed by atoms with Gasteiger partial charge in [-0.15, -0.1) is 0 Å². The molecule has 0 saturated carbocycles. The summed E-state index contributed by atoms with van der Waals surface area (Å²) in [6.07, 6.45) is 0. The number of hydrogen-bond donors (Lipinski definition) is 0. The second-order valence-corrected chi connectivity index (χ2v) is 3.03. The quantitative estimate of drug-likeness (QED) is 0.575. The molecule has 0 unspecified atom stereocenters. The number of nitro benzene ring substituents is 1. The molecule has 82 valence electrons. The molecule has 15 heavy (non-hydrogen) atoms. The minimum Gasteiger partial charge on any atom is -0.369 e. The smallest absolute Gasteiger partial charge is 0.295 e. The van der Waals surface area contributed by atoms with Gasteiger partial charge >= 0.3 is 0 Å². The standard InChI is InChI=1S/C9H10F2N2O2/c1-3-12(2)8-4-6(10)7(11)5-9(8)13(14)15/h4-5H,3H2,1-2H3. The monoisotopic (exact) mass is 216 g/mol. The summed E-state index contributed by atoms with van der Waals surface area (Å²) in [7, 11) is 1.57. The Morgan fingerprint density at radius 1 is 1.40 bits per heavy atom. The van der Waals surface area contributed by atoms with E-state index in [2.05, 4.69) is 0 Å². The summed E-state index contributed by atoms with van der Waals surface area (Å²) in [5, 5.41) is 10.6. The largest absolute Gasteiger partial charge is 0.369 e. The van der Waals surface area contributed by atoms with Gasteiger partial charge < -0.3 is 4.90 Å². The lowest BCUT2D eigenvalue weighted by Crippen LogP contribution is -2.17. The number of benzene rings is 1. The highest BCUT2D eigenvalue weighted by molar-refractivity contribution is 5.63. The first-order chi connectivity index (χ1) is 6.97. The maximum absolute atomic E-state index is 12.9. The van der Waals surface area contributed by atoms with Crippen molar-refractivity contribution in [3.05, 3.63) is 33.9 Å². The second kappa shape index (κ2) is 4.20. The first kappa shape index (κ1) is 11.4. The topological polar surface area (TPSA) is 46.4 Å². The molecule has 0 fully saturated rings. The van der Waals surface area contributed by atoms with Crippen LogP contribution in [0, 0.1) is 21.7 Å². The molecule has 0 aliphatic carbocycles. The molecule has 0 aliphatic heterocycles. The minimum absolute atomic E-state index is 0.0707. The van der Waals surface area contributed by atoms with Crippen molar-refractivity contribution in [3.8, 4) is 0 Å². The third kappa shape index (κ3) is 2.20. The molecule has 0 atom stereocenters. The minimum atomic E-state index is -1.21. The number of nitro groups is 1. The summed E-state index contributed by atoms with van der Waals surface area (Å²) in [5.74, 6) is -2.30. The molecule has 0 N–H and O–H groups in total. The van der Waals surface area contributed by atoms with E-state index in [1.54, 1.807) is 14.0 Å². The lowest BCUT2D eigenvalue weighted by atomic mass is 10.2.